The number of ketones is 1. The lowest BCUT2D eigenvalue weighted by atomic mass is 9.86. The largest absolute Gasteiger partial charge is 0.444 e. The molecule has 1 aliphatic rings. The number of carbonyl (C=O) groups excluding carboxylic acids is 2. The molecule has 0 N–H and O–H groups in total. The molecular weight excluding hydrogens is 249 g/mol. The van der Waals surface area contributed by atoms with Crippen LogP contribution < -0.4 is 0 Å². The molecule has 0 aromatic rings. The molecular formula is C14H24FNO3. The Morgan fingerprint density at radius 1 is 1.37 bits per heavy atom. The molecule has 19 heavy (non-hydrogen) atoms. The fourth-order valence-electron chi connectivity index (χ4n) is 2.45. The second-order valence-corrected chi connectivity index (χ2v) is 6.69. The smallest absolute Gasteiger partial charge is 0.411 e. The van der Waals surface area contributed by atoms with E-state index in [9.17, 15) is 14.0 Å². The van der Waals surface area contributed by atoms with Crippen LogP contribution in [0.3, 0.4) is 0 Å². The van der Waals surface area contributed by atoms with Crippen molar-refractivity contribution in [2.45, 2.75) is 65.3 Å². The van der Waals surface area contributed by atoms with Crippen LogP contribution in [0.5, 0.6) is 0 Å². The molecule has 0 aliphatic carbocycles. The standard InChI is InChI=1S/C14H24FNO3/c1-9(2)11(17)14(6)7-10(15)8-16(14)12(18)19-13(3,4)5/h9-10H,7-8H2,1-6H3. The number of Topliss-reactive ketones (excluding diaryl/α,β-unsaturated/α-hetero) is 1. The number of carbonyl (C=O) groups is 2. The highest BCUT2D eigenvalue weighted by Crippen LogP contribution is 2.35. The van der Waals surface area contributed by atoms with Crippen molar-refractivity contribution in [3.8, 4) is 0 Å². The molecule has 0 spiro atoms. The number of hydrogen-bond donors (Lipinski definition) is 0. The van der Waals surface area contributed by atoms with Gasteiger partial charge in [0.25, 0.3) is 0 Å². The van der Waals surface area contributed by atoms with Gasteiger partial charge in [0.05, 0.1) is 6.54 Å². The third-order valence-corrected chi connectivity index (χ3v) is 3.26. The van der Waals surface area contributed by atoms with Crippen LogP contribution in [0.15, 0.2) is 0 Å². The van der Waals surface area contributed by atoms with Crippen LogP contribution in [0.1, 0.15) is 48.0 Å². The first-order valence-electron chi connectivity index (χ1n) is 6.66. The number of amides is 1. The maximum Gasteiger partial charge on any atom is 0.411 e. The Hall–Kier alpha value is -1.13. The Bertz CT molecular complexity index is 375. The van der Waals surface area contributed by atoms with E-state index in [1.54, 1.807) is 41.5 Å². The van der Waals surface area contributed by atoms with Crippen molar-refractivity contribution in [1.29, 1.82) is 0 Å². The Morgan fingerprint density at radius 2 is 1.89 bits per heavy atom. The summed E-state index contributed by atoms with van der Waals surface area (Å²) in [6.07, 6.45) is -1.76. The Morgan fingerprint density at radius 3 is 2.32 bits per heavy atom. The number of nitrogens with zero attached hydrogens (tertiary/aromatic N) is 1. The summed E-state index contributed by atoms with van der Waals surface area (Å²) in [5, 5.41) is 0. The van der Waals surface area contributed by atoms with Gasteiger partial charge in [-0.2, -0.15) is 0 Å². The minimum atomic E-state index is -1.18. The summed E-state index contributed by atoms with van der Waals surface area (Å²) in [5.41, 5.74) is -1.76. The summed E-state index contributed by atoms with van der Waals surface area (Å²) in [4.78, 5) is 25.7. The molecule has 0 aromatic carbocycles. The predicted molar refractivity (Wildman–Crippen MR) is 70.7 cm³/mol. The van der Waals surface area contributed by atoms with Crippen molar-refractivity contribution in [3.63, 3.8) is 0 Å². The average molecular weight is 273 g/mol. The Kier molecular flexibility index (Phi) is 4.27. The van der Waals surface area contributed by atoms with E-state index in [4.69, 9.17) is 4.74 Å². The van der Waals surface area contributed by atoms with Crippen LogP contribution in [0.4, 0.5) is 9.18 Å². The highest BCUT2D eigenvalue weighted by Gasteiger charge is 2.51. The van der Waals surface area contributed by atoms with Gasteiger partial charge in [-0.25, -0.2) is 9.18 Å². The van der Waals surface area contributed by atoms with E-state index in [1.165, 1.54) is 4.90 Å². The molecule has 0 radical (unpaired) electrons. The zero-order chi connectivity index (χ0) is 15.0. The second kappa shape index (κ2) is 5.10. The number of rotatable bonds is 2. The molecule has 1 rings (SSSR count). The van der Waals surface area contributed by atoms with Crippen molar-refractivity contribution in [2.24, 2.45) is 5.92 Å². The van der Waals surface area contributed by atoms with Crippen LogP contribution in [-0.2, 0) is 9.53 Å². The Labute approximate surface area is 114 Å². The first-order valence-corrected chi connectivity index (χ1v) is 6.66. The lowest BCUT2D eigenvalue weighted by molar-refractivity contribution is -0.131. The lowest BCUT2D eigenvalue weighted by Crippen LogP contribution is -2.53. The molecule has 5 heteroatoms. The minimum absolute atomic E-state index is 0.0449. The monoisotopic (exact) mass is 273 g/mol. The van der Waals surface area contributed by atoms with Gasteiger partial charge in [-0.05, 0) is 27.7 Å². The van der Waals surface area contributed by atoms with E-state index in [2.05, 4.69) is 0 Å². The molecule has 0 bridgehead atoms. The molecule has 2 atom stereocenters. The molecule has 2 unspecified atom stereocenters. The summed E-state index contributed by atoms with van der Waals surface area (Å²) >= 11 is 0. The average Bonchev–Trinajstić information content (AvgIpc) is 2.51. The number of halogens is 1. The predicted octanol–water partition coefficient (Wildman–Crippen LogP) is 2.95. The zero-order valence-corrected chi connectivity index (χ0v) is 12.6. The van der Waals surface area contributed by atoms with Crippen molar-refractivity contribution < 1.29 is 18.7 Å². The maximum atomic E-state index is 13.7. The van der Waals surface area contributed by atoms with Gasteiger partial charge in [-0.15, -0.1) is 0 Å². The number of likely N-dealkylation sites (tertiary alicyclic amines) is 1. The fraction of sp³-hybridized carbons (Fsp3) is 0.857. The van der Waals surface area contributed by atoms with Crippen molar-refractivity contribution >= 4 is 11.9 Å². The molecule has 1 fully saturated rings. The van der Waals surface area contributed by atoms with Gasteiger partial charge in [0.1, 0.15) is 17.3 Å². The summed E-state index contributed by atoms with van der Waals surface area (Å²) < 4.78 is 18.9. The summed E-state index contributed by atoms with van der Waals surface area (Å²) in [5.74, 6) is -0.376. The van der Waals surface area contributed by atoms with Gasteiger partial charge < -0.3 is 4.74 Å². The second-order valence-electron chi connectivity index (χ2n) is 6.69. The van der Waals surface area contributed by atoms with Gasteiger partial charge in [-0.1, -0.05) is 13.8 Å². The molecule has 0 saturated carbocycles. The van der Waals surface area contributed by atoms with Gasteiger partial charge in [-0.3, -0.25) is 9.69 Å². The lowest BCUT2D eigenvalue weighted by Gasteiger charge is -2.35. The molecule has 1 saturated heterocycles. The van der Waals surface area contributed by atoms with Crippen LogP contribution in [-0.4, -0.2) is 40.6 Å². The Balaban J connectivity index is 2.97. The quantitative estimate of drug-likeness (QED) is 0.777. The van der Waals surface area contributed by atoms with Crippen LogP contribution in [0.2, 0.25) is 0 Å². The summed E-state index contributed by atoms with van der Waals surface area (Å²) in [6, 6.07) is 0. The fourth-order valence-corrected chi connectivity index (χ4v) is 2.45. The van der Waals surface area contributed by atoms with E-state index in [0.29, 0.717) is 0 Å². The summed E-state index contributed by atoms with van der Waals surface area (Å²) in [7, 11) is 0. The van der Waals surface area contributed by atoms with E-state index in [1.807, 2.05) is 0 Å². The molecule has 1 aliphatic heterocycles. The van der Waals surface area contributed by atoms with Crippen LogP contribution in [0.25, 0.3) is 0 Å². The topological polar surface area (TPSA) is 46.6 Å². The van der Waals surface area contributed by atoms with Gasteiger partial charge in [0.15, 0.2) is 5.78 Å². The van der Waals surface area contributed by atoms with Crippen molar-refractivity contribution in [1.82, 2.24) is 4.90 Å². The molecule has 0 aromatic heterocycles. The van der Waals surface area contributed by atoms with E-state index < -0.39 is 23.4 Å². The molecule has 1 amide bonds. The van der Waals surface area contributed by atoms with Crippen molar-refractivity contribution in [2.75, 3.05) is 6.54 Å². The number of ether oxygens (including phenoxy) is 1. The molecule has 4 nitrogen and oxygen atoms in total. The third kappa shape index (κ3) is 3.45. The van der Waals surface area contributed by atoms with E-state index >= 15 is 0 Å². The summed E-state index contributed by atoms with van der Waals surface area (Å²) in [6.45, 7) is 10.3. The highest BCUT2D eigenvalue weighted by atomic mass is 19.1. The van der Waals surface area contributed by atoms with E-state index in [0.717, 1.165) is 0 Å². The SMILES string of the molecule is CC(C)C(=O)C1(C)CC(F)CN1C(=O)OC(C)(C)C. The minimum Gasteiger partial charge on any atom is -0.444 e. The van der Waals surface area contributed by atoms with Gasteiger partial charge in [0.2, 0.25) is 0 Å². The van der Waals surface area contributed by atoms with Gasteiger partial charge >= 0.3 is 6.09 Å². The van der Waals surface area contributed by atoms with Crippen molar-refractivity contribution in [3.05, 3.63) is 0 Å². The highest BCUT2D eigenvalue weighted by molar-refractivity contribution is 5.93. The molecule has 1 heterocycles. The van der Waals surface area contributed by atoms with E-state index in [-0.39, 0.29) is 24.7 Å². The van der Waals surface area contributed by atoms with Crippen LogP contribution in [0, 0.1) is 5.92 Å². The zero-order valence-electron chi connectivity index (χ0n) is 12.6. The first kappa shape index (κ1) is 15.9. The van der Waals surface area contributed by atoms with Crippen LogP contribution >= 0.6 is 0 Å². The normalized spacial score (nSPS) is 27.8. The molecule has 110 valence electrons. The number of alkyl halides is 1. The third-order valence-electron chi connectivity index (χ3n) is 3.26. The maximum absolute atomic E-state index is 13.7. The first-order chi connectivity index (χ1) is 8.47. The van der Waals surface area contributed by atoms with Gasteiger partial charge in [0, 0.05) is 12.3 Å². The number of hydrogen-bond acceptors (Lipinski definition) is 3.